The Morgan fingerprint density at radius 2 is 2.00 bits per heavy atom. The van der Waals surface area contributed by atoms with Crippen molar-refractivity contribution in [3.05, 3.63) is 23.8 Å². The summed E-state index contributed by atoms with van der Waals surface area (Å²) in [6.07, 6.45) is 0. The fraction of sp³-hybridized carbons (Fsp3) is 0.462. The zero-order chi connectivity index (χ0) is 15.3. The first-order valence-corrected chi connectivity index (χ1v) is 7.79. The lowest BCUT2D eigenvalue weighted by molar-refractivity contribution is -0.114. The second kappa shape index (κ2) is 6.83. The minimum Gasteiger partial charge on any atom is -0.326 e. The van der Waals surface area contributed by atoms with Gasteiger partial charge in [0.2, 0.25) is 15.9 Å². The van der Waals surface area contributed by atoms with E-state index in [1.807, 2.05) is 6.92 Å². The van der Waals surface area contributed by atoms with Crippen LogP contribution >= 0.6 is 0 Å². The third kappa shape index (κ3) is 4.59. The summed E-state index contributed by atoms with van der Waals surface area (Å²) in [6.45, 7) is 5.36. The van der Waals surface area contributed by atoms with Crippen LogP contribution in [0.5, 0.6) is 0 Å². The van der Waals surface area contributed by atoms with Gasteiger partial charge in [0.1, 0.15) is 0 Å². The molecule has 1 aromatic rings. The number of amides is 1. The number of sulfonamides is 1. The van der Waals surface area contributed by atoms with Gasteiger partial charge in [-0.2, -0.15) is 0 Å². The summed E-state index contributed by atoms with van der Waals surface area (Å²) in [5, 5.41) is 5.57. The van der Waals surface area contributed by atoms with Crippen molar-refractivity contribution < 1.29 is 13.2 Å². The predicted octanol–water partition coefficient (Wildman–Crippen LogP) is 0.840. The Labute approximate surface area is 120 Å². The van der Waals surface area contributed by atoms with Crippen LogP contribution in [0, 0.1) is 6.92 Å². The van der Waals surface area contributed by atoms with Crippen LogP contribution in [0.1, 0.15) is 19.4 Å². The fourth-order valence-corrected chi connectivity index (χ4v) is 2.67. The number of rotatable bonds is 6. The lowest BCUT2D eigenvalue weighted by Crippen LogP contribution is -2.37. The average Bonchev–Trinajstić information content (AvgIpc) is 2.38. The Morgan fingerprint density at radius 1 is 1.35 bits per heavy atom. The molecule has 6 nitrogen and oxygen atoms in total. The van der Waals surface area contributed by atoms with E-state index in [4.69, 9.17) is 0 Å². The average molecular weight is 299 g/mol. The standard InChI is InChI=1S/C13H21N3O3S/c1-9-5-6-12(7-13(9)16-11(3)17)20(18,19)15-8-10(2)14-4/h5-7,10,14-15H,8H2,1-4H3,(H,16,17). The highest BCUT2D eigenvalue weighted by Crippen LogP contribution is 2.20. The topological polar surface area (TPSA) is 87.3 Å². The quantitative estimate of drug-likeness (QED) is 0.726. The minimum atomic E-state index is -3.58. The maximum atomic E-state index is 12.2. The number of likely N-dealkylation sites (N-methyl/N-ethyl adjacent to an activating group) is 1. The molecule has 0 heterocycles. The van der Waals surface area contributed by atoms with Crippen molar-refractivity contribution in [1.29, 1.82) is 0 Å². The van der Waals surface area contributed by atoms with Gasteiger partial charge in [0.05, 0.1) is 4.90 Å². The van der Waals surface area contributed by atoms with Crippen molar-refractivity contribution >= 4 is 21.6 Å². The Hall–Kier alpha value is -1.44. The van der Waals surface area contributed by atoms with Crippen molar-refractivity contribution in [2.45, 2.75) is 31.7 Å². The Balaban J connectivity index is 2.98. The first kappa shape index (κ1) is 16.6. The molecule has 0 saturated carbocycles. The van der Waals surface area contributed by atoms with Crippen molar-refractivity contribution in [2.75, 3.05) is 18.9 Å². The van der Waals surface area contributed by atoms with Crippen LogP contribution in [-0.4, -0.2) is 34.0 Å². The molecular formula is C13H21N3O3S. The molecule has 0 aliphatic rings. The highest BCUT2D eigenvalue weighted by molar-refractivity contribution is 7.89. The van der Waals surface area contributed by atoms with E-state index in [0.717, 1.165) is 5.56 Å². The normalized spacial score (nSPS) is 13.0. The molecular weight excluding hydrogens is 278 g/mol. The molecule has 0 radical (unpaired) electrons. The van der Waals surface area contributed by atoms with Crippen LogP contribution in [0.15, 0.2) is 23.1 Å². The molecule has 20 heavy (non-hydrogen) atoms. The van der Waals surface area contributed by atoms with E-state index in [9.17, 15) is 13.2 Å². The molecule has 0 aliphatic carbocycles. The van der Waals surface area contributed by atoms with E-state index in [0.29, 0.717) is 12.2 Å². The van der Waals surface area contributed by atoms with Crippen LogP contribution in [0.25, 0.3) is 0 Å². The maximum Gasteiger partial charge on any atom is 0.240 e. The number of benzene rings is 1. The van der Waals surface area contributed by atoms with Gasteiger partial charge in [0, 0.05) is 25.2 Å². The van der Waals surface area contributed by atoms with E-state index < -0.39 is 10.0 Å². The van der Waals surface area contributed by atoms with Gasteiger partial charge in [-0.15, -0.1) is 0 Å². The minimum absolute atomic E-state index is 0.0324. The Bertz CT molecular complexity index is 585. The summed E-state index contributed by atoms with van der Waals surface area (Å²) >= 11 is 0. The second-order valence-corrected chi connectivity index (χ2v) is 6.47. The summed E-state index contributed by atoms with van der Waals surface area (Å²) in [7, 11) is -1.82. The summed E-state index contributed by atoms with van der Waals surface area (Å²) in [5.41, 5.74) is 1.31. The lowest BCUT2D eigenvalue weighted by Gasteiger charge is -2.13. The van der Waals surface area contributed by atoms with Crippen molar-refractivity contribution in [3.8, 4) is 0 Å². The van der Waals surface area contributed by atoms with Crippen LogP contribution in [-0.2, 0) is 14.8 Å². The molecule has 1 rings (SSSR count). The molecule has 1 atom stereocenters. The van der Waals surface area contributed by atoms with Gasteiger partial charge < -0.3 is 10.6 Å². The highest BCUT2D eigenvalue weighted by Gasteiger charge is 2.16. The first-order chi connectivity index (χ1) is 9.26. The molecule has 1 aromatic carbocycles. The van der Waals surface area contributed by atoms with Gasteiger partial charge in [0.25, 0.3) is 0 Å². The fourth-order valence-electron chi connectivity index (χ4n) is 1.51. The zero-order valence-electron chi connectivity index (χ0n) is 12.1. The molecule has 1 unspecified atom stereocenters. The third-order valence-corrected chi connectivity index (χ3v) is 4.32. The van der Waals surface area contributed by atoms with Crippen molar-refractivity contribution in [1.82, 2.24) is 10.0 Å². The number of carbonyl (C=O) groups is 1. The third-order valence-electron chi connectivity index (χ3n) is 2.90. The molecule has 0 aliphatic heterocycles. The van der Waals surface area contributed by atoms with Gasteiger partial charge >= 0.3 is 0 Å². The molecule has 0 saturated heterocycles. The molecule has 0 fully saturated rings. The van der Waals surface area contributed by atoms with Crippen molar-refractivity contribution in [3.63, 3.8) is 0 Å². The summed E-state index contributed by atoms with van der Waals surface area (Å²) < 4.78 is 26.8. The largest absolute Gasteiger partial charge is 0.326 e. The molecule has 3 N–H and O–H groups in total. The molecule has 7 heteroatoms. The van der Waals surface area contributed by atoms with E-state index in [2.05, 4.69) is 15.4 Å². The van der Waals surface area contributed by atoms with Gasteiger partial charge in [-0.05, 0) is 38.6 Å². The Kier molecular flexibility index (Phi) is 5.67. The van der Waals surface area contributed by atoms with E-state index in [-0.39, 0.29) is 16.8 Å². The number of aryl methyl sites for hydroxylation is 1. The molecule has 0 aromatic heterocycles. The van der Waals surface area contributed by atoms with E-state index in [1.165, 1.54) is 19.1 Å². The number of hydrogen-bond donors (Lipinski definition) is 3. The van der Waals surface area contributed by atoms with Gasteiger partial charge in [-0.3, -0.25) is 4.79 Å². The molecule has 0 bridgehead atoms. The van der Waals surface area contributed by atoms with Crippen LogP contribution in [0.2, 0.25) is 0 Å². The molecule has 112 valence electrons. The number of carbonyl (C=O) groups excluding carboxylic acids is 1. The smallest absolute Gasteiger partial charge is 0.240 e. The van der Waals surface area contributed by atoms with Gasteiger partial charge in [0.15, 0.2) is 0 Å². The number of anilines is 1. The monoisotopic (exact) mass is 299 g/mol. The van der Waals surface area contributed by atoms with E-state index in [1.54, 1.807) is 20.0 Å². The van der Waals surface area contributed by atoms with Gasteiger partial charge in [-0.1, -0.05) is 6.07 Å². The number of hydrogen-bond acceptors (Lipinski definition) is 4. The molecule has 0 spiro atoms. The molecule has 1 amide bonds. The van der Waals surface area contributed by atoms with E-state index >= 15 is 0 Å². The Morgan fingerprint density at radius 3 is 2.55 bits per heavy atom. The summed E-state index contributed by atoms with van der Waals surface area (Å²) in [6, 6.07) is 4.68. The van der Waals surface area contributed by atoms with Crippen LogP contribution in [0.3, 0.4) is 0 Å². The van der Waals surface area contributed by atoms with Gasteiger partial charge in [-0.25, -0.2) is 13.1 Å². The van der Waals surface area contributed by atoms with Crippen LogP contribution < -0.4 is 15.4 Å². The summed E-state index contributed by atoms with van der Waals surface area (Å²) in [4.78, 5) is 11.2. The van der Waals surface area contributed by atoms with Crippen molar-refractivity contribution in [2.24, 2.45) is 0 Å². The number of nitrogens with one attached hydrogen (secondary N) is 3. The van der Waals surface area contributed by atoms with Crippen LogP contribution in [0.4, 0.5) is 5.69 Å². The second-order valence-electron chi connectivity index (χ2n) is 4.70. The first-order valence-electron chi connectivity index (χ1n) is 6.31. The lowest BCUT2D eigenvalue weighted by atomic mass is 10.2. The maximum absolute atomic E-state index is 12.2. The summed E-state index contributed by atoms with van der Waals surface area (Å²) in [5.74, 6) is -0.237. The highest BCUT2D eigenvalue weighted by atomic mass is 32.2. The SMILES string of the molecule is CNC(C)CNS(=O)(=O)c1ccc(C)c(NC(C)=O)c1. The zero-order valence-corrected chi connectivity index (χ0v) is 13.0. The predicted molar refractivity (Wildman–Crippen MR) is 79.2 cm³/mol.